The molecule has 0 N–H and O–H groups in total. The van der Waals surface area contributed by atoms with Gasteiger partial charge in [-0.25, -0.2) is 0 Å². The number of hydrogen-bond donors (Lipinski definition) is 0. The zero-order valence-corrected chi connectivity index (χ0v) is 13.4. The van der Waals surface area contributed by atoms with Gasteiger partial charge >= 0.3 is 0 Å². The van der Waals surface area contributed by atoms with Crippen molar-refractivity contribution < 1.29 is 14.3 Å². The van der Waals surface area contributed by atoms with E-state index >= 15 is 0 Å². The number of hydrogen-bond acceptors (Lipinski definition) is 3. The van der Waals surface area contributed by atoms with Gasteiger partial charge in [0.25, 0.3) is 11.8 Å². The van der Waals surface area contributed by atoms with Crippen molar-refractivity contribution >= 4 is 11.8 Å². The predicted molar refractivity (Wildman–Crippen MR) is 90.3 cm³/mol. The number of carbonyl (C=O) groups excluding carboxylic acids is 2. The van der Waals surface area contributed by atoms with Crippen LogP contribution in [0.15, 0.2) is 54.6 Å². The topological polar surface area (TPSA) is 46.6 Å². The molecule has 1 atom stereocenters. The van der Waals surface area contributed by atoms with Crippen LogP contribution in [0.5, 0.6) is 0 Å². The first-order chi connectivity index (χ1) is 11.7. The maximum absolute atomic E-state index is 12.3. The van der Waals surface area contributed by atoms with Crippen LogP contribution >= 0.6 is 0 Å². The van der Waals surface area contributed by atoms with Gasteiger partial charge in [0.1, 0.15) is 6.61 Å². The average molecular weight is 319 g/mol. The molecular weight excluding hydrogens is 302 g/mol. The van der Waals surface area contributed by atoms with Gasteiger partial charge in [-0.05, 0) is 24.6 Å². The average Bonchev–Trinajstić information content (AvgIpc) is 2.87. The van der Waals surface area contributed by atoms with Gasteiger partial charge in [-0.3, -0.25) is 14.5 Å². The lowest BCUT2D eigenvalue weighted by molar-refractivity contribution is 0.0630. The van der Waals surface area contributed by atoms with Crippen molar-refractivity contribution in [3.63, 3.8) is 0 Å². The molecule has 1 unspecified atom stereocenters. The summed E-state index contributed by atoms with van der Waals surface area (Å²) in [5, 5.41) is 0. The zero-order chi connectivity index (χ0) is 16.9. The van der Waals surface area contributed by atoms with E-state index in [0.717, 1.165) is 5.56 Å². The first-order valence-electron chi connectivity index (χ1n) is 7.75. The molecule has 120 valence electrons. The number of ether oxygens (including phenoxy) is 1. The van der Waals surface area contributed by atoms with Crippen LogP contribution in [0.2, 0.25) is 0 Å². The normalized spacial score (nSPS) is 14.1. The zero-order valence-electron chi connectivity index (χ0n) is 13.4. The summed E-state index contributed by atoms with van der Waals surface area (Å²) in [5.74, 6) is 5.22. The van der Waals surface area contributed by atoms with Gasteiger partial charge in [0.15, 0.2) is 0 Å². The molecular formula is C20H17NO3. The summed E-state index contributed by atoms with van der Waals surface area (Å²) < 4.78 is 5.49. The number of nitrogens with zero attached hydrogens (tertiary/aromatic N) is 1. The van der Waals surface area contributed by atoms with Crippen LogP contribution in [-0.4, -0.2) is 29.4 Å². The lowest BCUT2D eigenvalue weighted by Gasteiger charge is -2.17. The second-order valence-electron chi connectivity index (χ2n) is 5.50. The quantitative estimate of drug-likeness (QED) is 0.494. The van der Waals surface area contributed by atoms with Gasteiger partial charge in [0, 0.05) is 0 Å². The van der Waals surface area contributed by atoms with E-state index in [4.69, 9.17) is 4.74 Å². The molecule has 1 heterocycles. The summed E-state index contributed by atoms with van der Waals surface area (Å²) in [6.45, 7) is 2.48. The van der Waals surface area contributed by atoms with Crippen molar-refractivity contribution in [1.29, 1.82) is 0 Å². The van der Waals surface area contributed by atoms with Crippen LogP contribution in [0.25, 0.3) is 0 Å². The third kappa shape index (κ3) is 3.22. The van der Waals surface area contributed by atoms with Crippen molar-refractivity contribution in [1.82, 2.24) is 4.90 Å². The minimum absolute atomic E-state index is 0.252. The molecule has 0 bridgehead atoms. The lowest BCUT2D eigenvalue weighted by Crippen LogP contribution is -2.37. The SMILES string of the molecule is CC(C#CCOCc1ccccc1)N1C(=O)c2ccccc2C1=O. The molecule has 2 aromatic carbocycles. The number of carbonyl (C=O) groups is 2. The van der Waals surface area contributed by atoms with Crippen molar-refractivity contribution in [2.24, 2.45) is 0 Å². The molecule has 3 rings (SSSR count). The van der Waals surface area contributed by atoms with Gasteiger partial charge < -0.3 is 4.74 Å². The maximum atomic E-state index is 12.3. The number of rotatable bonds is 4. The molecule has 0 saturated carbocycles. The fourth-order valence-corrected chi connectivity index (χ4v) is 2.61. The Hall–Kier alpha value is -2.90. The molecule has 1 aliphatic heterocycles. The Morgan fingerprint density at radius 2 is 1.54 bits per heavy atom. The molecule has 4 nitrogen and oxygen atoms in total. The molecule has 0 fully saturated rings. The predicted octanol–water partition coefficient (Wildman–Crippen LogP) is 2.89. The molecule has 0 saturated heterocycles. The van der Waals surface area contributed by atoms with Crippen LogP contribution in [0.1, 0.15) is 33.2 Å². The lowest BCUT2D eigenvalue weighted by atomic mass is 10.1. The molecule has 4 heteroatoms. The monoisotopic (exact) mass is 319 g/mol. The van der Waals surface area contributed by atoms with Gasteiger partial charge in [-0.2, -0.15) is 0 Å². The summed E-state index contributed by atoms with van der Waals surface area (Å²) in [4.78, 5) is 25.9. The van der Waals surface area contributed by atoms with E-state index in [1.54, 1.807) is 31.2 Å². The molecule has 0 aliphatic carbocycles. The Labute approximate surface area is 141 Å². The Morgan fingerprint density at radius 3 is 2.17 bits per heavy atom. The van der Waals surface area contributed by atoms with E-state index < -0.39 is 6.04 Å². The summed E-state index contributed by atoms with van der Waals surface area (Å²) in [6.07, 6.45) is 0. The van der Waals surface area contributed by atoms with Crippen LogP contribution in [0.3, 0.4) is 0 Å². The third-order valence-corrected chi connectivity index (χ3v) is 3.81. The highest BCUT2D eigenvalue weighted by atomic mass is 16.5. The Balaban J connectivity index is 1.57. The second kappa shape index (κ2) is 7.12. The van der Waals surface area contributed by atoms with Crippen molar-refractivity contribution in [2.45, 2.75) is 19.6 Å². The highest BCUT2D eigenvalue weighted by Gasteiger charge is 2.37. The molecule has 0 aromatic heterocycles. The van der Waals surface area contributed by atoms with Gasteiger partial charge in [0.05, 0.1) is 23.8 Å². The second-order valence-corrected chi connectivity index (χ2v) is 5.50. The van der Waals surface area contributed by atoms with Gasteiger partial charge in [-0.1, -0.05) is 54.3 Å². The molecule has 24 heavy (non-hydrogen) atoms. The van der Waals surface area contributed by atoms with Crippen molar-refractivity contribution in [3.05, 3.63) is 71.3 Å². The fourth-order valence-electron chi connectivity index (χ4n) is 2.61. The summed E-state index contributed by atoms with van der Waals surface area (Å²) in [7, 11) is 0. The largest absolute Gasteiger partial charge is 0.364 e. The summed E-state index contributed by atoms with van der Waals surface area (Å²) >= 11 is 0. The summed E-state index contributed by atoms with van der Waals surface area (Å²) in [6, 6.07) is 16.2. The number of imide groups is 1. The van der Waals surface area contributed by atoms with Crippen LogP contribution in [0.4, 0.5) is 0 Å². The Kier molecular flexibility index (Phi) is 4.74. The van der Waals surface area contributed by atoms with Crippen molar-refractivity contribution in [3.8, 4) is 11.8 Å². The van der Waals surface area contributed by atoms with E-state index in [1.807, 2.05) is 30.3 Å². The van der Waals surface area contributed by atoms with E-state index in [0.29, 0.717) is 17.7 Å². The van der Waals surface area contributed by atoms with Crippen LogP contribution < -0.4 is 0 Å². The highest BCUT2D eigenvalue weighted by Crippen LogP contribution is 2.24. The molecule has 0 spiro atoms. The molecule has 2 amide bonds. The highest BCUT2D eigenvalue weighted by molar-refractivity contribution is 6.21. The van der Waals surface area contributed by atoms with Crippen molar-refractivity contribution in [2.75, 3.05) is 6.61 Å². The first-order valence-corrected chi connectivity index (χ1v) is 7.75. The van der Waals surface area contributed by atoms with E-state index in [-0.39, 0.29) is 18.4 Å². The Morgan fingerprint density at radius 1 is 0.958 bits per heavy atom. The molecule has 1 aliphatic rings. The minimum Gasteiger partial charge on any atom is -0.364 e. The minimum atomic E-state index is -0.488. The smallest absolute Gasteiger partial charge is 0.262 e. The molecule has 2 aromatic rings. The third-order valence-electron chi connectivity index (χ3n) is 3.81. The number of benzene rings is 2. The van der Waals surface area contributed by atoms with Crippen LogP contribution in [-0.2, 0) is 11.3 Å². The van der Waals surface area contributed by atoms with Gasteiger partial charge in [0.2, 0.25) is 0 Å². The van der Waals surface area contributed by atoms with Crippen LogP contribution in [0, 0.1) is 11.8 Å². The van der Waals surface area contributed by atoms with E-state index in [9.17, 15) is 9.59 Å². The first kappa shape index (κ1) is 16.0. The van der Waals surface area contributed by atoms with Gasteiger partial charge in [-0.15, -0.1) is 0 Å². The standard InChI is InChI=1S/C20H17NO3/c1-15(8-7-13-24-14-16-9-3-2-4-10-16)21-19(22)17-11-5-6-12-18(17)20(21)23/h2-6,9-12,15H,13-14H2,1H3. The number of fused-ring (bicyclic) bond motifs is 1. The molecule has 0 radical (unpaired) electrons. The maximum Gasteiger partial charge on any atom is 0.262 e. The summed E-state index contributed by atoms with van der Waals surface area (Å²) in [5.41, 5.74) is 1.96. The van der Waals surface area contributed by atoms with E-state index in [2.05, 4.69) is 11.8 Å². The number of amides is 2. The Bertz CT molecular complexity index is 783. The fraction of sp³-hybridized carbons (Fsp3) is 0.200. The van der Waals surface area contributed by atoms with E-state index in [1.165, 1.54) is 4.90 Å².